The van der Waals surface area contributed by atoms with Gasteiger partial charge >= 0.3 is 0 Å². The Morgan fingerprint density at radius 3 is 2.60 bits per heavy atom. The van der Waals surface area contributed by atoms with Crippen LogP contribution in [0.2, 0.25) is 0 Å². The first-order valence-corrected chi connectivity index (χ1v) is 11.0. The minimum absolute atomic E-state index is 0. The van der Waals surface area contributed by atoms with Crippen LogP contribution in [0.4, 0.5) is 0 Å². The predicted molar refractivity (Wildman–Crippen MR) is 115 cm³/mol. The highest BCUT2D eigenvalue weighted by Gasteiger charge is 2.19. The summed E-state index contributed by atoms with van der Waals surface area (Å²) in [6.45, 7) is 6.65. The van der Waals surface area contributed by atoms with Crippen LogP contribution < -0.4 is 10.6 Å². The Balaban J connectivity index is 0.00000576. The Labute approximate surface area is 170 Å². The minimum Gasteiger partial charge on any atom is -0.379 e. The lowest BCUT2D eigenvalue weighted by Crippen LogP contribution is -2.46. The maximum atomic E-state index is 11.0. The van der Waals surface area contributed by atoms with Gasteiger partial charge in [-0.1, -0.05) is 13.3 Å². The number of piperidine rings is 1. The molecule has 1 saturated heterocycles. The molecule has 2 N–H and O–H groups in total. The van der Waals surface area contributed by atoms with E-state index < -0.39 is 9.84 Å². The van der Waals surface area contributed by atoms with Gasteiger partial charge in [0.25, 0.3) is 0 Å². The SMILES string of the molecule is CCC1CCCCN1CCNC(=NC)NCCOCCS(C)(=O)=O.I. The molecule has 0 aromatic heterocycles. The summed E-state index contributed by atoms with van der Waals surface area (Å²) in [4.78, 5) is 6.76. The van der Waals surface area contributed by atoms with Crippen LogP contribution in [0.5, 0.6) is 0 Å². The average molecular weight is 490 g/mol. The largest absolute Gasteiger partial charge is 0.379 e. The topological polar surface area (TPSA) is 83.0 Å². The molecule has 0 spiro atoms. The number of hydrogen-bond donors (Lipinski definition) is 2. The number of nitrogens with one attached hydrogen (secondary N) is 2. The van der Waals surface area contributed by atoms with Crippen LogP contribution in [0, 0.1) is 0 Å². The van der Waals surface area contributed by atoms with Gasteiger partial charge in [0.2, 0.25) is 0 Å². The van der Waals surface area contributed by atoms with E-state index in [4.69, 9.17) is 4.74 Å². The molecule has 1 aliphatic heterocycles. The third kappa shape index (κ3) is 12.0. The highest BCUT2D eigenvalue weighted by atomic mass is 127. The van der Waals surface area contributed by atoms with Crippen molar-refractivity contribution in [2.24, 2.45) is 4.99 Å². The number of halogens is 1. The molecular formula is C16H35IN4O3S. The van der Waals surface area contributed by atoms with Crippen molar-refractivity contribution in [2.45, 2.75) is 38.6 Å². The van der Waals surface area contributed by atoms with Crippen LogP contribution in [0.3, 0.4) is 0 Å². The van der Waals surface area contributed by atoms with Gasteiger partial charge in [0.1, 0.15) is 9.84 Å². The predicted octanol–water partition coefficient (Wildman–Crippen LogP) is 1.10. The Morgan fingerprint density at radius 1 is 1.24 bits per heavy atom. The minimum atomic E-state index is -2.95. The second-order valence-corrected chi connectivity index (χ2v) is 8.52. The Kier molecular flexibility index (Phi) is 13.9. The molecule has 0 amide bonds. The van der Waals surface area contributed by atoms with E-state index >= 15 is 0 Å². The number of aliphatic imine (C=N–C) groups is 1. The first kappa shape index (κ1) is 24.9. The lowest BCUT2D eigenvalue weighted by molar-refractivity contribution is 0.146. The molecular weight excluding hydrogens is 455 g/mol. The fraction of sp³-hybridized carbons (Fsp3) is 0.938. The highest BCUT2D eigenvalue weighted by molar-refractivity contribution is 14.0. The van der Waals surface area contributed by atoms with E-state index in [-0.39, 0.29) is 36.3 Å². The van der Waals surface area contributed by atoms with E-state index in [2.05, 4.69) is 27.4 Å². The number of rotatable bonds is 10. The van der Waals surface area contributed by atoms with Gasteiger partial charge in [0, 0.05) is 39.0 Å². The normalized spacial score (nSPS) is 19.3. The van der Waals surface area contributed by atoms with E-state index in [1.165, 1.54) is 38.5 Å². The van der Waals surface area contributed by atoms with Crippen LogP contribution >= 0.6 is 24.0 Å². The van der Waals surface area contributed by atoms with E-state index in [9.17, 15) is 8.42 Å². The van der Waals surface area contributed by atoms with E-state index in [1.807, 2.05) is 0 Å². The summed E-state index contributed by atoms with van der Waals surface area (Å²) in [6, 6.07) is 0.721. The summed E-state index contributed by atoms with van der Waals surface area (Å²) in [5, 5.41) is 6.50. The molecule has 7 nitrogen and oxygen atoms in total. The lowest BCUT2D eigenvalue weighted by Gasteiger charge is -2.35. The van der Waals surface area contributed by atoms with Crippen LogP contribution in [0.1, 0.15) is 32.6 Å². The summed E-state index contributed by atoms with van der Waals surface area (Å²) >= 11 is 0. The summed E-state index contributed by atoms with van der Waals surface area (Å²) in [5.74, 6) is 0.820. The molecule has 1 aliphatic rings. The number of hydrogen-bond acceptors (Lipinski definition) is 5. The molecule has 0 aromatic carbocycles. The number of nitrogens with zero attached hydrogens (tertiary/aromatic N) is 2. The molecule has 0 radical (unpaired) electrons. The second kappa shape index (κ2) is 14.0. The monoisotopic (exact) mass is 490 g/mol. The maximum absolute atomic E-state index is 11.0. The highest BCUT2D eigenvalue weighted by Crippen LogP contribution is 2.18. The average Bonchev–Trinajstić information content (AvgIpc) is 2.55. The lowest BCUT2D eigenvalue weighted by atomic mass is 10.0. The van der Waals surface area contributed by atoms with Gasteiger partial charge in [-0.05, 0) is 25.8 Å². The Hall–Kier alpha value is -0.130. The van der Waals surface area contributed by atoms with Crippen molar-refractivity contribution >= 4 is 39.8 Å². The zero-order chi connectivity index (χ0) is 17.8. The van der Waals surface area contributed by atoms with Crippen molar-refractivity contribution in [2.75, 3.05) is 58.4 Å². The van der Waals surface area contributed by atoms with Gasteiger partial charge in [-0.25, -0.2) is 8.42 Å². The molecule has 0 aromatic rings. The van der Waals surface area contributed by atoms with Crippen molar-refractivity contribution in [3.63, 3.8) is 0 Å². The van der Waals surface area contributed by atoms with Crippen molar-refractivity contribution in [3.05, 3.63) is 0 Å². The van der Waals surface area contributed by atoms with Crippen molar-refractivity contribution in [3.8, 4) is 0 Å². The fourth-order valence-corrected chi connectivity index (χ4v) is 3.33. The number of sulfone groups is 1. The van der Waals surface area contributed by atoms with Crippen LogP contribution in [0.25, 0.3) is 0 Å². The quantitative estimate of drug-likeness (QED) is 0.207. The number of ether oxygens (including phenoxy) is 1. The second-order valence-electron chi connectivity index (χ2n) is 6.26. The zero-order valence-electron chi connectivity index (χ0n) is 15.8. The first-order chi connectivity index (χ1) is 11.5. The van der Waals surface area contributed by atoms with E-state index in [1.54, 1.807) is 7.05 Å². The molecule has 25 heavy (non-hydrogen) atoms. The van der Waals surface area contributed by atoms with E-state index in [0.717, 1.165) is 25.1 Å². The first-order valence-electron chi connectivity index (χ1n) is 8.90. The maximum Gasteiger partial charge on any atom is 0.191 e. The Morgan fingerprint density at radius 2 is 1.96 bits per heavy atom. The fourth-order valence-electron chi connectivity index (χ4n) is 2.91. The molecule has 1 heterocycles. The molecule has 0 bridgehead atoms. The zero-order valence-corrected chi connectivity index (χ0v) is 18.9. The molecule has 1 atom stereocenters. The summed E-state index contributed by atoms with van der Waals surface area (Å²) in [5.41, 5.74) is 0. The number of guanidine groups is 1. The van der Waals surface area contributed by atoms with Crippen molar-refractivity contribution in [1.82, 2.24) is 15.5 Å². The summed E-state index contributed by atoms with van der Waals surface area (Å²) < 4.78 is 27.3. The van der Waals surface area contributed by atoms with Crippen LogP contribution in [-0.4, -0.2) is 83.8 Å². The number of likely N-dealkylation sites (tertiary alicyclic amines) is 1. The van der Waals surface area contributed by atoms with Gasteiger partial charge in [0.05, 0.1) is 19.0 Å². The molecule has 0 aliphatic carbocycles. The third-order valence-electron chi connectivity index (χ3n) is 4.27. The Bertz CT molecular complexity index is 474. The molecule has 1 unspecified atom stereocenters. The van der Waals surface area contributed by atoms with Gasteiger partial charge in [0.15, 0.2) is 5.96 Å². The molecule has 1 rings (SSSR count). The van der Waals surface area contributed by atoms with Crippen molar-refractivity contribution < 1.29 is 13.2 Å². The van der Waals surface area contributed by atoms with Crippen molar-refractivity contribution in [1.29, 1.82) is 0 Å². The summed E-state index contributed by atoms with van der Waals surface area (Å²) in [7, 11) is -1.20. The van der Waals surface area contributed by atoms with E-state index in [0.29, 0.717) is 13.2 Å². The smallest absolute Gasteiger partial charge is 0.191 e. The molecule has 0 saturated carbocycles. The standard InChI is InChI=1S/C16H34N4O3S.HI/c1-4-15-7-5-6-10-20(15)11-8-18-16(17-2)19-9-12-23-13-14-24(3,21)22;/h15H,4-14H2,1-3H3,(H2,17,18,19);1H. The van der Waals surface area contributed by atoms with Gasteiger partial charge < -0.3 is 15.4 Å². The molecule has 150 valence electrons. The van der Waals surface area contributed by atoms with Crippen LogP contribution in [-0.2, 0) is 14.6 Å². The van der Waals surface area contributed by atoms with Gasteiger partial charge in [-0.15, -0.1) is 24.0 Å². The molecule has 1 fully saturated rings. The van der Waals surface area contributed by atoms with Gasteiger partial charge in [-0.3, -0.25) is 9.89 Å². The molecule has 9 heteroatoms. The third-order valence-corrected chi connectivity index (χ3v) is 5.18. The van der Waals surface area contributed by atoms with Crippen LogP contribution in [0.15, 0.2) is 4.99 Å². The summed E-state index contributed by atoms with van der Waals surface area (Å²) in [6.07, 6.45) is 6.40. The van der Waals surface area contributed by atoms with Gasteiger partial charge in [-0.2, -0.15) is 0 Å².